The monoisotopic (exact) mass is 367 g/mol. The molecule has 3 fully saturated rings. The first-order valence-corrected chi connectivity index (χ1v) is 10.0. The summed E-state index contributed by atoms with van der Waals surface area (Å²) in [5.74, 6) is 0.277. The van der Waals surface area contributed by atoms with Crippen molar-refractivity contribution in [3.05, 3.63) is 31.0 Å². The van der Waals surface area contributed by atoms with E-state index in [-0.39, 0.29) is 24.0 Å². The van der Waals surface area contributed by atoms with E-state index >= 15 is 0 Å². The van der Waals surface area contributed by atoms with Crippen LogP contribution in [0, 0.1) is 5.92 Å². The Kier molecular flexibility index (Phi) is 4.39. The second kappa shape index (κ2) is 7.03. The molecule has 2 bridgehead atoms. The van der Waals surface area contributed by atoms with Crippen molar-refractivity contribution in [2.45, 2.75) is 69.2 Å². The summed E-state index contributed by atoms with van der Waals surface area (Å²) in [6.07, 6.45) is 14.9. The number of carbonyl (C=O) groups is 1. The molecule has 0 radical (unpaired) electrons. The van der Waals surface area contributed by atoms with Gasteiger partial charge in [-0.3, -0.25) is 9.48 Å². The quantitative estimate of drug-likeness (QED) is 0.898. The number of fused-ring (bicyclic) bond motifs is 2. The molecule has 0 aromatic carbocycles. The van der Waals surface area contributed by atoms with Crippen LogP contribution in [-0.4, -0.2) is 43.9 Å². The predicted molar refractivity (Wildman–Crippen MR) is 98.7 cm³/mol. The SMILES string of the molecule is O=C(NC1CCC(n2cc(-c3ccncn3)cn2)CC1)[C@@H]1C[C@@H]2CC[C@H]1O2. The molecule has 0 spiro atoms. The highest BCUT2D eigenvalue weighted by Gasteiger charge is 2.44. The van der Waals surface area contributed by atoms with Gasteiger partial charge in [0, 0.05) is 24.0 Å². The van der Waals surface area contributed by atoms with Gasteiger partial charge in [0.1, 0.15) is 6.33 Å². The molecule has 1 aliphatic carbocycles. The second-order valence-corrected chi connectivity index (χ2v) is 8.03. The first-order chi connectivity index (χ1) is 13.3. The van der Waals surface area contributed by atoms with Crippen molar-refractivity contribution in [3.63, 3.8) is 0 Å². The molecule has 1 amide bonds. The van der Waals surface area contributed by atoms with Crippen LogP contribution >= 0.6 is 0 Å². The second-order valence-electron chi connectivity index (χ2n) is 8.03. The van der Waals surface area contributed by atoms with Crippen LogP contribution in [0.15, 0.2) is 31.0 Å². The third-order valence-corrected chi connectivity index (χ3v) is 6.34. The van der Waals surface area contributed by atoms with Gasteiger partial charge in [0.25, 0.3) is 0 Å². The molecule has 3 aliphatic rings. The molecule has 7 heteroatoms. The Hall–Kier alpha value is -2.28. The molecular formula is C20H25N5O2. The number of rotatable bonds is 4. The van der Waals surface area contributed by atoms with Crippen LogP contribution in [0.4, 0.5) is 0 Å². The van der Waals surface area contributed by atoms with Gasteiger partial charge in [-0.25, -0.2) is 9.97 Å². The molecule has 1 saturated carbocycles. The minimum absolute atomic E-state index is 0.0722. The smallest absolute Gasteiger partial charge is 0.226 e. The zero-order valence-corrected chi connectivity index (χ0v) is 15.3. The van der Waals surface area contributed by atoms with Crippen LogP contribution in [0.1, 0.15) is 51.0 Å². The lowest BCUT2D eigenvalue weighted by Gasteiger charge is -2.30. The highest BCUT2D eigenvalue weighted by molar-refractivity contribution is 5.80. The average Bonchev–Trinajstić information content (AvgIpc) is 3.46. The molecule has 4 heterocycles. The fourth-order valence-electron chi connectivity index (χ4n) is 4.84. The van der Waals surface area contributed by atoms with Crippen LogP contribution in [0.3, 0.4) is 0 Å². The van der Waals surface area contributed by atoms with Gasteiger partial charge in [-0.05, 0) is 51.0 Å². The van der Waals surface area contributed by atoms with E-state index in [0.717, 1.165) is 56.2 Å². The van der Waals surface area contributed by atoms with E-state index in [0.29, 0.717) is 12.1 Å². The number of nitrogens with one attached hydrogen (secondary N) is 1. The topological polar surface area (TPSA) is 81.9 Å². The number of hydrogen-bond donors (Lipinski definition) is 1. The average molecular weight is 367 g/mol. The van der Waals surface area contributed by atoms with Gasteiger partial charge in [-0.2, -0.15) is 5.10 Å². The normalized spacial score (nSPS) is 32.5. The maximum absolute atomic E-state index is 12.6. The number of hydrogen-bond acceptors (Lipinski definition) is 5. The van der Waals surface area contributed by atoms with Crippen molar-refractivity contribution in [3.8, 4) is 11.3 Å². The third kappa shape index (κ3) is 3.36. The third-order valence-electron chi connectivity index (χ3n) is 6.34. The van der Waals surface area contributed by atoms with Gasteiger partial charge in [0.2, 0.25) is 5.91 Å². The Balaban J connectivity index is 1.15. The van der Waals surface area contributed by atoms with E-state index in [9.17, 15) is 4.79 Å². The van der Waals surface area contributed by atoms with Gasteiger partial charge in [-0.15, -0.1) is 0 Å². The Morgan fingerprint density at radius 1 is 1.19 bits per heavy atom. The predicted octanol–water partition coefficient (Wildman–Crippen LogP) is 2.51. The summed E-state index contributed by atoms with van der Waals surface area (Å²) in [6, 6.07) is 2.57. The molecule has 0 unspecified atom stereocenters. The van der Waals surface area contributed by atoms with Gasteiger partial charge >= 0.3 is 0 Å². The molecular weight excluding hydrogens is 342 g/mol. The molecule has 7 nitrogen and oxygen atoms in total. The molecule has 2 aromatic rings. The summed E-state index contributed by atoms with van der Waals surface area (Å²) < 4.78 is 7.88. The van der Waals surface area contributed by atoms with Crippen molar-refractivity contribution >= 4 is 5.91 Å². The fraction of sp³-hybridized carbons (Fsp3) is 0.600. The maximum Gasteiger partial charge on any atom is 0.226 e. The molecule has 1 N–H and O–H groups in total. The number of nitrogens with zero attached hydrogens (tertiary/aromatic N) is 4. The summed E-state index contributed by atoms with van der Waals surface area (Å²) in [6.45, 7) is 0. The lowest BCUT2D eigenvalue weighted by molar-refractivity contribution is -0.127. The molecule has 142 valence electrons. The minimum Gasteiger partial charge on any atom is -0.374 e. The van der Waals surface area contributed by atoms with Crippen molar-refractivity contribution in [2.75, 3.05) is 0 Å². The van der Waals surface area contributed by atoms with Crippen molar-refractivity contribution < 1.29 is 9.53 Å². The molecule has 3 atom stereocenters. The molecule has 2 aromatic heterocycles. The molecule has 27 heavy (non-hydrogen) atoms. The Bertz CT molecular complexity index is 800. The van der Waals surface area contributed by atoms with Gasteiger partial charge in [0.15, 0.2) is 0 Å². The maximum atomic E-state index is 12.6. The standard InChI is InChI=1S/C20H25N5O2/c26-20(17-9-16-5-6-19(17)27-16)24-14-1-3-15(4-2-14)25-11-13(10-23-25)18-7-8-21-12-22-18/h7-8,10-12,14-17,19H,1-6,9H2,(H,24,26)/t14?,15?,16-,17+,19+/m0/s1. The molecule has 5 rings (SSSR count). The van der Waals surface area contributed by atoms with Crippen molar-refractivity contribution in [1.29, 1.82) is 0 Å². The summed E-state index contributed by atoms with van der Waals surface area (Å²) in [7, 11) is 0. The van der Waals surface area contributed by atoms with E-state index < -0.39 is 0 Å². The zero-order valence-electron chi connectivity index (χ0n) is 15.3. The summed E-state index contributed by atoms with van der Waals surface area (Å²) in [5, 5.41) is 7.83. The van der Waals surface area contributed by atoms with Crippen molar-refractivity contribution in [2.24, 2.45) is 5.92 Å². The Morgan fingerprint density at radius 3 is 2.78 bits per heavy atom. The zero-order chi connectivity index (χ0) is 18.2. The minimum atomic E-state index is 0.0722. The summed E-state index contributed by atoms with van der Waals surface area (Å²) >= 11 is 0. The first kappa shape index (κ1) is 16.9. The number of ether oxygens (including phenoxy) is 1. The van der Waals surface area contributed by atoms with Crippen LogP contribution in [0.25, 0.3) is 11.3 Å². The van der Waals surface area contributed by atoms with E-state index in [1.54, 1.807) is 12.5 Å². The van der Waals surface area contributed by atoms with Crippen LogP contribution < -0.4 is 5.32 Å². The number of aromatic nitrogens is 4. The highest BCUT2D eigenvalue weighted by Crippen LogP contribution is 2.39. The number of amides is 1. The van der Waals surface area contributed by atoms with E-state index in [2.05, 4.69) is 31.3 Å². The van der Waals surface area contributed by atoms with Gasteiger partial charge in [-0.1, -0.05) is 0 Å². The van der Waals surface area contributed by atoms with E-state index in [4.69, 9.17) is 4.74 Å². The largest absolute Gasteiger partial charge is 0.374 e. The number of carbonyl (C=O) groups excluding carboxylic acids is 1. The molecule has 2 aliphatic heterocycles. The first-order valence-electron chi connectivity index (χ1n) is 10.0. The van der Waals surface area contributed by atoms with E-state index in [1.807, 2.05) is 12.3 Å². The fourth-order valence-corrected chi connectivity index (χ4v) is 4.84. The Morgan fingerprint density at radius 2 is 2.07 bits per heavy atom. The van der Waals surface area contributed by atoms with Crippen LogP contribution in [0.2, 0.25) is 0 Å². The van der Waals surface area contributed by atoms with Gasteiger partial charge in [0.05, 0.1) is 36.1 Å². The van der Waals surface area contributed by atoms with Gasteiger partial charge < -0.3 is 10.1 Å². The van der Waals surface area contributed by atoms with Crippen LogP contribution in [-0.2, 0) is 9.53 Å². The Labute approximate surface area is 158 Å². The van der Waals surface area contributed by atoms with Crippen molar-refractivity contribution in [1.82, 2.24) is 25.1 Å². The highest BCUT2D eigenvalue weighted by atomic mass is 16.5. The van der Waals surface area contributed by atoms with E-state index in [1.165, 1.54) is 0 Å². The summed E-state index contributed by atoms with van der Waals surface area (Å²) in [4.78, 5) is 20.8. The lowest BCUT2D eigenvalue weighted by Crippen LogP contribution is -2.43. The molecule has 2 saturated heterocycles. The lowest BCUT2D eigenvalue weighted by atomic mass is 9.87. The van der Waals surface area contributed by atoms with Crippen LogP contribution in [0.5, 0.6) is 0 Å². The summed E-state index contributed by atoms with van der Waals surface area (Å²) in [5.41, 5.74) is 1.91.